The molecule has 6 atom stereocenters. The number of hydrogen-bond acceptors (Lipinski definition) is 10. The molecule has 0 saturated carbocycles. The van der Waals surface area contributed by atoms with Crippen LogP contribution in [0.1, 0.15) is 7.43 Å². The highest BCUT2D eigenvalue weighted by molar-refractivity contribution is 7.97. The van der Waals surface area contributed by atoms with E-state index in [0.29, 0.717) is 0 Å². The highest BCUT2D eigenvalue weighted by Crippen LogP contribution is 2.25. The highest BCUT2D eigenvalue weighted by atomic mass is 32.2. The van der Waals surface area contributed by atoms with Crippen LogP contribution in [-0.2, 0) is 33.4 Å². The Morgan fingerprint density at radius 2 is 1.90 bits per heavy atom. The third-order valence-electron chi connectivity index (χ3n) is 2.92. The van der Waals surface area contributed by atoms with Gasteiger partial charge in [0.15, 0.2) is 17.8 Å². The predicted octanol–water partition coefficient (Wildman–Crippen LogP) is -4.05. The first-order valence-corrected chi connectivity index (χ1v) is 7.55. The molecule has 1 rings (SSSR count). The third-order valence-corrected chi connectivity index (χ3v) is 5.75. The Kier molecular flexibility index (Phi) is 14.0. The first kappa shape index (κ1) is 23.3. The molecule has 0 radical (unpaired) electrons. The second-order valence-electron chi connectivity index (χ2n) is 4.10. The van der Waals surface area contributed by atoms with Crippen LogP contribution in [0.2, 0.25) is 0 Å². The topological polar surface area (TPSA) is 160 Å². The van der Waals surface area contributed by atoms with E-state index < -0.39 is 47.2 Å². The second kappa shape index (κ2) is 12.6. The largest absolute Gasteiger partial charge is 0.692 e. The summed E-state index contributed by atoms with van der Waals surface area (Å²) in [5.41, 5.74) is 0. The zero-order valence-electron chi connectivity index (χ0n) is 10.4. The molecule has 0 amide bonds. The lowest BCUT2D eigenvalue weighted by Crippen LogP contribution is -2.42. The maximum absolute atomic E-state index is 9.80. The van der Waals surface area contributed by atoms with Crippen molar-refractivity contribution in [3.05, 3.63) is 0 Å². The van der Waals surface area contributed by atoms with Crippen molar-refractivity contribution in [3.8, 4) is 0 Å². The molecule has 1 fully saturated rings. The minimum absolute atomic E-state index is 0. The first-order valence-electron chi connectivity index (χ1n) is 5.59. The lowest BCUT2D eigenvalue weighted by atomic mass is 10.2. The molecule has 0 spiro atoms. The fourth-order valence-electron chi connectivity index (χ4n) is 1.88. The van der Waals surface area contributed by atoms with Gasteiger partial charge in [0.2, 0.25) is 0 Å². The molecule has 128 valence electrons. The highest BCUT2D eigenvalue weighted by Gasteiger charge is 2.50. The average Bonchev–Trinajstić information content (AvgIpc) is 2.72. The van der Waals surface area contributed by atoms with Gasteiger partial charge in [-0.15, -0.1) is 0 Å². The molecule has 1 heterocycles. The molecule has 0 bridgehead atoms. The van der Waals surface area contributed by atoms with Crippen molar-refractivity contribution in [2.24, 2.45) is 0 Å². The minimum Gasteiger partial charge on any atom is -0.692 e. The summed E-state index contributed by atoms with van der Waals surface area (Å²) in [6.45, 7) is -0.910. The van der Waals surface area contributed by atoms with E-state index >= 15 is 0 Å². The number of rotatable bonds is 7. The van der Waals surface area contributed by atoms with Crippen molar-refractivity contribution >= 4 is 23.4 Å². The Morgan fingerprint density at radius 1 is 1.33 bits per heavy atom. The van der Waals surface area contributed by atoms with E-state index in [1.54, 1.807) is 0 Å². The summed E-state index contributed by atoms with van der Waals surface area (Å²) in [5, 5.41) is 59.3. The van der Waals surface area contributed by atoms with Crippen molar-refractivity contribution in [2.45, 2.75) is 37.1 Å². The van der Waals surface area contributed by atoms with Gasteiger partial charge in [-0.3, -0.25) is 5.04 Å². The monoisotopic (exact) mass is 350 g/mol. The van der Waals surface area contributed by atoms with E-state index in [4.69, 9.17) is 14.4 Å². The van der Waals surface area contributed by atoms with E-state index in [-0.39, 0.29) is 25.5 Å². The number of hydrogen-bond donors (Lipinski definition) is 5. The molecule has 1 unspecified atom stereocenters. The summed E-state index contributed by atoms with van der Waals surface area (Å²) < 4.78 is 7.83. The van der Waals surface area contributed by atoms with Crippen molar-refractivity contribution in [2.75, 3.05) is 24.7 Å². The zero-order valence-corrected chi connectivity index (χ0v) is 12.0. The van der Waals surface area contributed by atoms with Crippen LogP contribution in [-0.4, -0.2) is 84.1 Å². The molecule has 11 heteroatoms. The molecule has 0 aromatic carbocycles. The summed E-state index contributed by atoms with van der Waals surface area (Å²) in [4.78, 5) is 4.15. The maximum Gasteiger partial charge on any atom is 0.197 e. The Balaban J connectivity index is 0. The molecule has 1 aliphatic rings. The summed E-state index contributed by atoms with van der Waals surface area (Å²) in [6, 6.07) is 0. The van der Waals surface area contributed by atoms with Crippen LogP contribution in [0.25, 0.3) is 0 Å². The quantitative estimate of drug-likeness (QED) is 0.174. The molecule has 0 aliphatic carbocycles. The van der Waals surface area contributed by atoms with Gasteiger partial charge < -0.3 is 30.8 Å². The van der Waals surface area contributed by atoms with E-state index in [1.165, 1.54) is 0 Å². The fourth-order valence-corrected chi connectivity index (χ4v) is 4.59. The normalized spacial score (nSPS) is 30.8. The lowest BCUT2D eigenvalue weighted by Gasteiger charge is -2.21. The van der Waals surface area contributed by atoms with E-state index in [9.17, 15) is 20.6 Å². The average molecular weight is 350 g/mol. The fraction of sp³-hybridized carbons (Fsp3) is 1.00. The van der Waals surface area contributed by atoms with Crippen molar-refractivity contribution in [1.82, 2.24) is 0 Å². The molecular formula is C10H22O9S2. The number of aliphatic hydroxyl groups excluding tert-OH is 5. The van der Waals surface area contributed by atoms with Crippen LogP contribution < -0.4 is 5.26 Å². The van der Waals surface area contributed by atoms with Gasteiger partial charge in [-0.25, -0.2) is 4.89 Å². The molecule has 1 aliphatic heterocycles. The molecule has 9 nitrogen and oxygen atoms in total. The van der Waals surface area contributed by atoms with Crippen LogP contribution in [0, 0.1) is 0 Å². The summed E-state index contributed by atoms with van der Waals surface area (Å²) in [5.74, 6) is 0.341. The third kappa shape index (κ3) is 6.78. The van der Waals surface area contributed by atoms with Gasteiger partial charge in [0.05, 0.1) is 13.2 Å². The Hall–Kier alpha value is 0.0500. The maximum atomic E-state index is 9.80. The van der Waals surface area contributed by atoms with Crippen molar-refractivity contribution in [1.29, 1.82) is 0 Å². The van der Waals surface area contributed by atoms with Crippen LogP contribution in [0.15, 0.2) is 0 Å². The minimum atomic E-state index is -1.19. The van der Waals surface area contributed by atoms with Gasteiger partial charge in [-0.05, 0) is 0 Å². The predicted molar refractivity (Wildman–Crippen MR) is 73.9 cm³/mol. The summed E-state index contributed by atoms with van der Waals surface area (Å²) >= 11 is 2.83. The summed E-state index contributed by atoms with van der Waals surface area (Å²) in [6.07, 6.45) is -4.35. The molecule has 1 saturated heterocycles. The standard InChI is InChI=1S/C9H18O8S.CH4.OS/c10-1-7(16-17-15)5(12)3-18-4-6(13)9(14)8(18)2-11;;1-2/h5-14H,1-4H2;1H4;/t5-,6-,7+,8-,9+,18?;;/m1../s1. The van der Waals surface area contributed by atoms with E-state index in [2.05, 4.69) is 22.5 Å². The zero-order chi connectivity index (χ0) is 15.7. The molecule has 5 N–H and O–H groups in total. The van der Waals surface area contributed by atoms with Gasteiger partial charge in [0.25, 0.3) is 0 Å². The van der Waals surface area contributed by atoms with Gasteiger partial charge in [0.1, 0.15) is 35.9 Å². The van der Waals surface area contributed by atoms with E-state index in [1.807, 2.05) is 0 Å². The first-order chi connectivity index (χ1) is 9.54. The van der Waals surface area contributed by atoms with Gasteiger partial charge in [0, 0.05) is 10.9 Å². The Bertz CT molecular complexity index is 261. The van der Waals surface area contributed by atoms with Gasteiger partial charge in [-0.1, -0.05) is 7.43 Å². The SMILES string of the molecule is C.O=S.[O-]OO[C@@H](CO)[C@H](O)C[S+]1C[C@@H](O)[C@H](O)[C@H]1CO. The lowest BCUT2D eigenvalue weighted by molar-refractivity contribution is -0.806. The van der Waals surface area contributed by atoms with Crippen LogP contribution in [0.3, 0.4) is 0 Å². The molecular weight excluding hydrogens is 328 g/mol. The van der Waals surface area contributed by atoms with Gasteiger partial charge >= 0.3 is 0 Å². The second-order valence-corrected chi connectivity index (χ2v) is 6.45. The summed E-state index contributed by atoms with van der Waals surface area (Å²) in [7, 11) is -0.630. The molecule has 21 heavy (non-hydrogen) atoms. The van der Waals surface area contributed by atoms with Crippen LogP contribution >= 0.6 is 0 Å². The van der Waals surface area contributed by atoms with Crippen LogP contribution in [0.4, 0.5) is 0 Å². The Morgan fingerprint density at radius 3 is 2.33 bits per heavy atom. The van der Waals surface area contributed by atoms with E-state index in [0.717, 1.165) is 0 Å². The molecule has 0 aromatic heterocycles. The smallest absolute Gasteiger partial charge is 0.197 e. The van der Waals surface area contributed by atoms with Crippen molar-refractivity contribution < 1.29 is 44.9 Å². The molecule has 0 aromatic rings. The number of aliphatic hydroxyl groups is 5. The van der Waals surface area contributed by atoms with Crippen LogP contribution in [0.5, 0.6) is 0 Å². The van der Waals surface area contributed by atoms with Gasteiger partial charge in [-0.2, -0.15) is 4.21 Å². The van der Waals surface area contributed by atoms with Crippen molar-refractivity contribution in [3.63, 3.8) is 0 Å². The Labute approximate surface area is 130 Å².